The van der Waals surface area contributed by atoms with Crippen molar-refractivity contribution in [1.29, 1.82) is 5.26 Å². The van der Waals surface area contributed by atoms with Gasteiger partial charge in [-0.15, -0.1) is 0 Å². The lowest BCUT2D eigenvalue weighted by Gasteiger charge is -2.29. The molecule has 49 heavy (non-hydrogen) atoms. The molecule has 0 saturated heterocycles. The third-order valence-electron chi connectivity index (χ3n) is 9.76. The maximum atomic E-state index is 9.15. The minimum Gasteiger partial charge on any atom is -0.359 e. The lowest BCUT2D eigenvalue weighted by Crippen LogP contribution is -2.27. The van der Waals surface area contributed by atoms with Gasteiger partial charge < -0.3 is 5.32 Å². The van der Waals surface area contributed by atoms with Gasteiger partial charge in [0.05, 0.1) is 17.3 Å². The van der Waals surface area contributed by atoms with Crippen LogP contribution in [0.5, 0.6) is 0 Å². The van der Waals surface area contributed by atoms with Gasteiger partial charge in [-0.1, -0.05) is 152 Å². The monoisotopic (exact) mass is 629 g/mol. The lowest BCUT2D eigenvalue weighted by molar-refractivity contribution is 0.660. The van der Waals surface area contributed by atoms with E-state index in [1.165, 1.54) is 27.8 Å². The van der Waals surface area contributed by atoms with Crippen molar-refractivity contribution >= 4 is 17.0 Å². The van der Waals surface area contributed by atoms with E-state index in [2.05, 4.69) is 152 Å². The topological polar surface area (TPSA) is 48.2 Å². The normalized spacial score (nSPS) is 16.9. The van der Waals surface area contributed by atoms with Crippen molar-refractivity contribution in [3.8, 4) is 17.2 Å². The van der Waals surface area contributed by atoms with Gasteiger partial charge in [-0.25, -0.2) is 0 Å². The first kappa shape index (κ1) is 30.1. The first-order chi connectivity index (χ1) is 24.2. The lowest BCUT2D eigenvalue weighted by atomic mass is 9.77. The van der Waals surface area contributed by atoms with Crippen LogP contribution in [0, 0.1) is 11.3 Å². The second-order valence-corrected chi connectivity index (χ2v) is 12.7. The second-order valence-electron chi connectivity index (χ2n) is 12.7. The van der Waals surface area contributed by atoms with Crippen LogP contribution in [-0.2, 0) is 0 Å². The number of aliphatic imine (C=N–C) groups is 1. The molecule has 1 heterocycles. The van der Waals surface area contributed by atoms with Crippen LogP contribution in [0.1, 0.15) is 69.9 Å². The summed E-state index contributed by atoms with van der Waals surface area (Å²) in [4.78, 5) is 5.18. The third kappa shape index (κ3) is 5.90. The molecule has 0 saturated carbocycles. The highest BCUT2D eigenvalue weighted by Crippen LogP contribution is 2.42. The van der Waals surface area contributed by atoms with Crippen LogP contribution in [0.2, 0.25) is 0 Å². The summed E-state index contributed by atoms with van der Waals surface area (Å²) in [7, 11) is 0. The molecule has 1 aliphatic heterocycles. The van der Waals surface area contributed by atoms with E-state index in [4.69, 9.17) is 10.3 Å². The van der Waals surface area contributed by atoms with Crippen molar-refractivity contribution in [3.63, 3.8) is 0 Å². The number of nitrogens with zero attached hydrogens (tertiary/aromatic N) is 2. The van der Waals surface area contributed by atoms with Gasteiger partial charge in [0.2, 0.25) is 0 Å². The standard InChI is InChI=1S/C46H35N3/c1-31-44(37-10-4-2-5-11-37)48-46(39-12-6-3-7-13-39)49-45(31)38-26-24-36(25-27-38)41-29-28-40(42-14-8-9-15-43(41)42)35-22-20-34(21-23-35)33-18-16-32(30-47)17-19-33/h2-28,41,46,49H,29H2,1H3. The predicted octanol–water partition coefficient (Wildman–Crippen LogP) is 10.7. The maximum Gasteiger partial charge on any atom is 0.145 e. The molecule has 6 aromatic rings. The van der Waals surface area contributed by atoms with Gasteiger partial charge in [0.1, 0.15) is 6.17 Å². The molecule has 234 valence electrons. The zero-order valence-corrected chi connectivity index (χ0v) is 27.3. The minimum absolute atomic E-state index is 0.165. The van der Waals surface area contributed by atoms with E-state index < -0.39 is 0 Å². The molecular weight excluding hydrogens is 595 g/mol. The van der Waals surface area contributed by atoms with Gasteiger partial charge in [0.25, 0.3) is 0 Å². The number of benzene rings is 6. The predicted molar refractivity (Wildman–Crippen MR) is 201 cm³/mol. The molecule has 2 aliphatic rings. The highest BCUT2D eigenvalue weighted by Gasteiger charge is 2.26. The number of rotatable bonds is 6. The fourth-order valence-electron chi connectivity index (χ4n) is 7.17. The van der Waals surface area contributed by atoms with Gasteiger partial charge in [-0.2, -0.15) is 5.26 Å². The number of nitriles is 1. The molecule has 1 aliphatic carbocycles. The molecule has 3 nitrogen and oxygen atoms in total. The summed E-state index contributed by atoms with van der Waals surface area (Å²) < 4.78 is 0. The number of hydrogen-bond acceptors (Lipinski definition) is 3. The summed E-state index contributed by atoms with van der Waals surface area (Å²) in [6, 6.07) is 57.7. The quantitative estimate of drug-likeness (QED) is 0.199. The molecule has 0 amide bonds. The van der Waals surface area contributed by atoms with Crippen LogP contribution in [0.4, 0.5) is 0 Å². The largest absolute Gasteiger partial charge is 0.359 e. The molecule has 0 bridgehead atoms. The van der Waals surface area contributed by atoms with Crippen molar-refractivity contribution in [1.82, 2.24) is 5.32 Å². The Morgan fingerprint density at radius 3 is 1.88 bits per heavy atom. The summed E-state index contributed by atoms with van der Waals surface area (Å²) in [6.07, 6.45) is 3.17. The van der Waals surface area contributed by atoms with Crippen molar-refractivity contribution < 1.29 is 0 Å². The molecule has 1 N–H and O–H groups in total. The van der Waals surface area contributed by atoms with Crippen molar-refractivity contribution in [2.75, 3.05) is 0 Å². The van der Waals surface area contributed by atoms with Crippen LogP contribution in [0.3, 0.4) is 0 Å². The molecule has 0 aromatic heterocycles. The van der Waals surface area contributed by atoms with Gasteiger partial charge >= 0.3 is 0 Å². The molecule has 2 atom stereocenters. The van der Waals surface area contributed by atoms with E-state index in [0.29, 0.717) is 5.56 Å². The van der Waals surface area contributed by atoms with Crippen molar-refractivity contribution in [2.45, 2.75) is 25.4 Å². The van der Waals surface area contributed by atoms with Crippen LogP contribution >= 0.6 is 0 Å². The van der Waals surface area contributed by atoms with E-state index in [9.17, 15) is 0 Å². The van der Waals surface area contributed by atoms with Gasteiger partial charge in [-0.05, 0) is 81.1 Å². The number of nitrogens with one attached hydrogen (secondary N) is 1. The Hall–Kier alpha value is -6.24. The Bertz CT molecular complexity index is 2250. The van der Waals surface area contributed by atoms with E-state index in [0.717, 1.165) is 51.2 Å². The average Bonchev–Trinajstić information content (AvgIpc) is 3.18. The molecular formula is C46H35N3. The third-order valence-corrected chi connectivity index (χ3v) is 9.76. The zero-order valence-electron chi connectivity index (χ0n) is 27.3. The molecule has 0 radical (unpaired) electrons. The van der Waals surface area contributed by atoms with E-state index in [-0.39, 0.29) is 12.1 Å². The number of allylic oxidation sites excluding steroid dienone is 2. The first-order valence-corrected chi connectivity index (χ1v) is 16.8. The van der Waals surface area contributed by atoms with Crippen LogP contribution in [0.15, 0.2) is 174 Å². The Morgan fingerprint density at radius 2 is 1.18 bits per heavy atom. The Balaban J connectivity index is 1.08. The molecule has 8 rings (SSSR count). The summed E-state index contributed by atoms with van der Waals surface area (Å²) in [5, 5.41) is 12.9. The van der Waals surface area contributed by atoms with Crippen LogP contribution < -0.4 is 5.32 Å². The minimum atomic E-state index is -0.165. The Kier molecular flexibility index (Phi) is 8.05. The van der Waals surface area contributed by atoms with Gasteiger partial charge in [0, 0.05) is 17.2 Å². The highest BCUT2D eigenvalue weighted by atomic mass is 15.1. The number of fused-ring (bicyclic) bond motifs is 1. The zero-order chi connectivity index (χ0) is 33.2. The van der Waals surface area contributed by atoms with Crippen molar-refractivity contribution in [2.24, 2.45) is 4.99 Å². The SMILES string of the molecule is CC1=C(c2ccc(C3CC=C(c4ccc(-c5ccc(C#N)cc5)cc4)c4ccccc43)cc2)NC(c2ccccc2)N=C1c1ccccc1. The fourth-order valence-corrected chi connectivity index (χ4v) is 7.17. The fraction of sp³-hybridized carbons (Fsp3) is 0.0870. The second kappa shape index (κ2) is 13.1. The molecule has 0 spiro atoms. The highest BCUT2D eigenvalue weighted by molar-refractivity contribution is 6.16. The summed E-state index contributed by atoms with van der Waals surface area (Å²) in [5.41, 5.74) is 16.1. The smallest absolute Gasteiger partial charge is 0.145 e. The summed E-state index contributed by atoms with van der Waals surface area (Å²) in [6.45, 7) is 2.17. The van der Waals surface area contributed by atoms with E-state index in [1.807, 2.05) is 30.3 Å². The van der Waals surface area contributed by atoms with Crippen LogP contribution in [0.25, 0.3) is 22.4 Å². The van der Waals surface area contributed by atoms with Crippen molar-refractivity contribution in [3.05, 3.63) is 214 Å². The van der Waals surface area contributed by atoms with E-state index in [1.54, 1.807) is 0 Å². The molecule has 6 aromatic carbocycles. The van der Waals surface area contributed by atoms with E-state index >= 15 is 0 Å². The van der Waals surface area contributed by atoms with Gasteiger partial charge in [-0.3, -0.25) is 4.99 Å². The molecule has 2 unspecified atom stereocenters. The Labute approximate surface area is 288 Å². The Morgan fingerprint density at radius 1 is 0.592 bits per heavy atom. The average molecular weight is 630 g/mol. The van der Waals surface area contributed by atoms with Gasteiger partial charge in [0.15, 0.2) is 0 Å². The summed E-state index contributed by atoms with van der Waals surface area (Å²) >= 11 is 0. The maximum absolute atomic E-state index is 9.15. The van der Waals surface area contributed by atoms with Crippen LogP contribution in [-0.4, -0.2) is 5.71 Å². The summed E-state index contributed by atoms with van der Waals surface area (Å²) in [5.74, 6) is 0.278. The number of hydrogen-bond donors (Lipinski definition) is 1. The molecule has 0 fully saturated rings. The first-order valence-electron chi connectivity index (χ1n) is 16.8. The molecule has 3 heteroatoms.